The number of ether oxygens (including phenoxy) is 1. The average molecular weight is 771 g/mol. The number of aryl methyl sites for hydroxylation is 3. The van der Waals surface area contributed by atoms with E-state index in [1.165, 1.54) is 39.1 Å². The number of rotatable bonds is 9. The normalized spacial score (nSPS) is 12.2. The van der Waals surface area contributed by atoms with Gasteiger partial charge in [-0.15, -0.1) is 17.5 Å². The molecule has 0 atom stereocenters. The van der Waals surface area contributed by atoms with Gasteiger partial charge in [0.2, 0.25) is 0 Å². The van der Waals surface area contributed by atoms with Gasteiger partial charge in [-0.05, 0) is 81.9 Å². The molecule has 44 heavy (non-hydrogen) atoms. The molecule has 0 aliphatic carbocycles. The molecule has 3 aromatic carbocycles. The number of pyridine rings is 1. The van der Waals surface area contributed by atoms with Crippen LogP contribution in [0.25, 0.3) is 32.8 Å². The van der Waals surface area contributed by atoms with E-state index in [0.717, 1.165) is 65.6 Å². The van der Waals surface area contributed by atoms with E-state index in [0.29, 0.717) is 5.92 Å². The minimum Gasteiger partial charge on any atom is -0.512 e. The maximum atomic E-state index is 11.7. The Bertz CT molecular complexity index is 1660. The zero-order valence-corrected chi connectivity index (χ0v) is 30.2. The van der Waals surface area contributed by atoms with Crippen molar-refractivity contribution in [2.24, 2.45) is 17.8 Å². The van der Waals surface area contributed by atoms with Gasteiger partial charge in [-0.25, -0.2) is 0 Å². The molecule has 0 spiro atoms. The van der Waals surface area contributed by atoms with Crippen molar-refractivity contribution in [3.05, 3.63) is 76.7 Å². The van der Waals surface area contributed by atoms with Crippen LogP contribution >= 0.6 is 0 Å². The number of aromatic nitrogens is 1. The van der Waals surface area contributed by atoms with Crippen molar-refractivity contribution in [2.75, 3.05) is 0 Å². The van der Waals surface area contributed by atoms with Crippen LogP contribution in [0.3, 0.4) is 0 Å². The van der Waals surface area contributed by atoms with Crippen molar-refractivity contribution in [2.45, 2.75) is 94.4 Å². The van der Waals surface area contributed by atoms with Crippen LogP contribution in [0.5, 0.6) is 11.5 Å². The molecule has 1 aliphatic heterocycles. The average Bonchev–Trinajstić information content (AvgIpc) is 2.94. The number of carbonyl (C=O) groups is 1. The van der Waals surface area contributed by atoms with Crippen LogP contribution in [0, 0.1) is 44.6 Å². The van der Waals surface area contributed by atoms with Gasteiger partial charge in [-0.2, -0.15) is 0 Å². The summed E-state index contributed by atoms with van der Waals surface area (Å²) in [5.74, 6) is 2.97. The number of benzene rings is 3. The van der Waals surface area contributed by atoms with Crippen LogP contribution in [0.2, 0.25) is 0 Å². The fourth-order valence-corrected chi connectivity index (χ4v) is 6.44. The van der Waals surface area contributed by atoms with Gasteiger partial charge >= 0.3 is 0 Å². The van der Waals surface area contributed by atoms with Crippen LogP contribution in [0.4, 0.5) is 0 Å². The molecule has 0 bridgehead atoms. The van der Waals surface area contributed by atoms with Crippen LogP contribution < -0.4 is 4.74 Å². The molecule has 0 saturated heterocycles. The van der Waals surface area contributed by atoms with Crippen LogP contribution in [-0.2, 0) is 31.3 Å². The zero-order valence-electron chi connectivity index (χ0n) is 27.9. The Labute approximate surface area is 277 Å². The summed E-state index contributed by atoms with van der Waals surface area (Å²) in [5.41, 5.74) is 6.95. The molecule has 4 nitrogen and oxygen atoms in total. The van der Waals surface area contributed by atoms with Gasteiger partial charge in [0, 0.05) is 55.3 Å². The molecule has 4 aromatic rings. The second-order valence-corrected chi connectivity index (χ2v) is 12.5. The molecule has 5 rings (SSSR count). The van der Waals surface area contributed by atoms with Crippen molar-refractivity contribution in [1.29, 1.82) is 0 Å². The number of allylic oxidation sites excluding steroid dienone is 2. The summed E-state index contributed by atoms with van der Waals surface area (Å²) in [7, 11) is 0. The Hall–Kier alpha value is -3.01. The second kappa shape index (κ2) is 15.3. The first-order valence-corrected chi connectivity index (χ1v) is 16.0. The number of hydrogen-bond acceptors (Lipinski definition) is 4. The smallest absolute Gasteiger partial charge is 0.162 e. The van der Waals surface area contributed by atoms with E-state index in [9.17, 15) is 9.90 Å². The monoisotopic (exact) mass is 771 g/mol. The third kappa shape index (κ3) is 7.44. The molecular formula is C39H48IrNO3-. The largest absolute Gasteiger partial charge is 0.512 e. The standard InChI is InChI=1S/C26H24NO.C13H24O2.Ir/c1-14(2)8-18-11-19-6-7-27-25-21-13-20-10-15(3)9-16(4)23(20)17(5)26(21)28-22(12-18)24(19)25;1-5-10(6-2)12(14)9-13(15)11(7-3)8-4;/h6-7,9-12,14H,8H2,1-5H3;9-11,14H,5-8H2,1-4H3;/q-1;;/b;12-9-;. The maximum Gasteiger partial charge on any atom is 0.162 e. The van der Waals surface area contributed by atoms with E-state index in [-0.39, 0.29) is 43.5 Å². The first-order chi connectivity index (χ1) is 20.5. The molecule has 1 N–H and O–H groups in total. The van der Waals surface area contributed by atoms with Crippen molar-refractivity contribution in [3.63, 3.8) is 0 Å². The van der Waals surface area contributed by atoms with Gasteiger partial charge in [0.15, 0.2) is 5.78 Å². The molecule has 1 aliphatic rings. The van der Waals surface area contributed by atoms with Gasteiger partial charge in [0.25, 0.3) is 0 Å². The number of nitrogens with zero attached hydrogens (tertiary/aromatic N) is 1. The first kappa shape index (κ1) is 35.5. The topological polar surface area (TPSA) is 59.4 Å². The number of carbonyl (C=O) groups excluding carboxylic acids is 1. The van der Waals surface area contributed by atoms with E-state index in [1.54, 1.807) is 0 Å². The number of fused-ring (bicyclic) bond motifs is 3. The number of hydrogen-bond donors (Lipinski definition) is 1. The SMILES string of the molecule is CCC(CC)C(=O)/C=C(\O)C(CC)CC.Cc1cc(C)c2c(C)c3c([c-]c2c1)-c1nccc2cc(CC(C)C)cc(c12)O3.[Ir]. The molecule has 2 heterocycles. The van der Waals surface area contributed by atoms with Crippen molar-refractivity contribution in [1.82, 2.24) is 4.98 Å². The molecule has 0 amide bonds. The van der Waals surface area contributed by atoms with E-state index in [1.807, 2.05) is 33.9 Å². The van der Waals surface area contributed by atoms with Gasteiger partial charge in [0.05, 0.1) is 11.5 Å². The number of aliphatic hydroxyl groups excluding tert-OH is 1. The zero-order chi connectivity index (χ0) is 31.4. The van der Waals surface area contributed by atoms with Gasteiger partial charge in [0.1, 0.15) is 5.75 Å². The molecule has 0 fully saturated rings. The molecule has 1 radical (unpaired) electrons. The van der Waals surface area contributed by atoms with Crippen LogP contribution in [-0.4, -0.2) is 15.9 Å². The third-order valence-corrected chi connectivity index (χ3v) is 8.74. The minimum atomic E-state index is 0. The Balaban J connectivity index is 0.000000286. The summed E-state index contributed by atoms with van der Waals surface area (Å²) >= 11 is 0. The Morgan fingerprint density at radius 2 is 1.61 bits per heavy atom. The van der Waals surface area contributed by atoms with Gasteiger partial charge < -0.3 is 9.84 Å². The van der Waals surface area contributed by atoms with Crippen molar-refractivity contribution < 1.29 is 34.7 Å². The second-order valence-electron chi connectivity index (χ2n) is 12.5. The summed E-state index contributed by atoms with van der Waals surface area (Å²) in [6, 6.07) is 14.6. The van der Waals surface area contributed by atoms with Crippen LogP contribution in [0.15, 0.2) is 48.4 Å². The van der Waals surface area contributed by atoms with E-state index >= 15 is 0 Å². The Morgan fingerprint density at radius 3 is 2.23 bits per heavy atom. The van der Waals surface area contributed by atoms with Gasteiger partial charge in [-0.1, -0.05) is 81.3 Å². The quantitative estimate of drug-likeness (QED) is 0.0921. The summed E-state index contributed by atoms with van der Waals surface area (Å²) in [6.45, 7) is 19.0. The number of aliphatic hydroxyl groups is 1. The summed E-state index contributed by atoms with van der Waals surface area (Å²) in [5, 5.41) is 14.4. The number of ketones is 1. The minimum absolute atomic E-state index is 0. The fourth-order valence-electron chi connectivity index (χ4n) is 6.44. The predicted molar refractivity (Wildman–Crippen MR) is 180 cm³/mol. The molecule has 1 aromatic heterocycles. The maximum absolute atomic E-state index is 11.7. The van der Waals surface area contributed by atoms with Crippen LogP contribution in [0.1, 0.15) is 89.5 Å². The summed E-state index contributed by atoms with van der Waals surface area (Å²) in [6.07, 6.45) is 7.85. The summed E-state index contributed by atoms with van der Waals surface area (Å²) < 4.78 is 6.52. The molecule has 0 saturated carbocycles. The molecule has 0 unspecified atom stereocenters. The van der Waals surface area contributed by atoms with E-state index in [2.05, 4.69) is 71.0 Å². The van der Waals surface area contributed by atoms with E-state index in [4.69, 9.17) is 9.72 Å². The molecule has 237 valence electrons. The Kier molecular flexibility index (Phi) is 12.4. The molecular weight excluding hydrogens is 723 g/mol. The van der Waals surface area contributed by atoms with Crippen molar-refractivity contribution >= 4 is 27.3 Å². The summed E-state index contributed by atoms with van der Waals surface area (Å²) in [4.78, 5) is 16.5. The fraction of sp³-hybridized carbons (Fsp3) is 0.436. The predicted octanol–water partition coefficient (Wildman–Crippen LogP) is 11.0. The van der Waals surface area contributed by atoms with E-state index < -0.39 is 0 Å². The third-order valence-electron chi connectivity index (χ3n) is 8.74. The molecule has 5 heteroatoms. The Morgan fingerprint density at radius 1 is 0.955 bits per heavy atom. The first-order valence-electron chi connectivity index (χ1n) is 16.0. The van der Waals surface area contributed by atoms with Crippen molar-refractivity contribution in [3.8, 4) is 22.8 Å². The van der Waals surface area contributed by atoms with Gasteiger partial charge in [-0.3, -0.25) is 9.78 Å².